The molecule has 40 heavy (non-hydrogen) atoms. The molecule has 1 saturated heterocycles. The Bertz CT molecular complexity index is 1550. The third kappa shape index (κ3) is 6.07. The number of amides is 1. The second kappa shape index (κ2) is 10.8. The molecular formula is C26H27F4N7O3. The van der Waals surface area contributed by atoms with E-state index in [0.717, 1.165) is 5.69 Å². The van der Waals surface area contributed by atoms with Crippen LogP contribution >= 0.6 is 0 Å². The monoisotopic (exact) mass is 561 g/mol. The van der Waals surface area contributed by atoms with Crippen molar-refractivity contribution in [2.45, 2.75) is 32.3 Å². The minimum atomic E-state index is -4.79. The smallest absolute Gasteiger partial charge is 0.461 e. The number of halogens is 4. The Kier molecular flexibility index (Phi) is 7.47. The van der Waals surface area contributed by atoms with Gasteiger partial charge >= 0.3 is 12.4 Å². The van der Waals surface area contributed by atoms with Crippen LogP contribution in [0.15, 0.2) is 36.7 Å². The van der Waals surface area contributed by atoms with Crippen LogP contribution in [0, 0.1) is 5.82 Å². The van der Waals surface area contributed by atoms with Crippen molar-refractivity contribution in [1.82, 2.24) is 25.1 Å². The Morgan fingerprint density at radius 2 is 1.90 bits per heavy atom. The van der Waals surface area contributed by atoms with Crippen molar-refractivity contribution in [3.8, 4) is 6.01 Å². The molecule has 1 amide bonds. The first kappa shape index (κ1) is 27.5. The second-order valence-corrected chi connectivity index (χ2v) is 9.72. The van der Waals surface area contributed by atoms with E-state index in [1.807, 2.05) is 0 Å². The number of aryl methyl sites for hydroxylation is 1. The summed E-state index contributed by atoms with van der Waals surface area (Å²) >= 11 is 0. The Morgan fingerprint density at radius 3 is 2.62 bits per heavy atom. The minimum absolute atomic E-state index is 0.153. The fourth-order valence-corrected chi connectivity index (χ4v) is 4.91. The van der Waals surface area contributed by atoms with E-state index in [9.17, 15) is 22.4 Å². The number of benzene rings is 2. The molecule has 0 saturated carbocycles. The lowest BCUT2D eigenvalue weighted by molar-refractivity contribution is -0.325. The van der Waals surface area contributed by atoms with Crippen molar-refractivity contribution in [3.05, 3.63) is 48.0 Å². The van der Waals surface area contributed by atoms with Crippen LogP contribution in [0.5, 0.6) is 6.01 Å². The summed E-state index contributed by atoms with van der Waals surface area (Å²) in [4.78, 5) is 24.1. The number of nitrogens with zero attached hydrogens (tertiary/aromatic N) is 5. The highest BCUT2D eigenvalue weighted by molar-refractivity contribution is 6.14. The van der Waals surface area contributed by atoms with Crippen molar-refractivity contribution in [1.29, 1.82) is 0 Å². The lowest BCUT2D eigenvalue weighted by Crippen LogP contribution is -2.54. The molecule has 10 nitrogen and oxygen atoms in total. The van der Waals surface area contributed by atoms with Crippen LogP contribution < -0.4 is 20.3 Å². The van der Waals surface area contributed by atoms with Crippen LogP contribution in [0.25, 0.3) is 21.8 Å². The minimum Gasteiger partial charge on any atom is -0.461 e. The number of hydrogen-bond acceptors (Lipinski definition) is 8. The quantitative estimate of drug-likeness (QED) is 0.258. The van der Waals surface area contributed by atoms with Gasteiger partial charge in [-0.1, -0.05) is 0 Å². The Morgan fingerprint density at radius 1 is 1.15 bits per heavy atom. The van der Waals surface area contributed by atoms with Gasteiger partial charge in [-0.25, -0.2) is 9.37 Å². The molecule has 0 spiro atoms. The summed E-state index contributed by atoms with van der Waals surface area (Å²) in [5.41, 5.74) is 1.58. The summed E-state index contributed by atoms with van der Waals surface area (Å²) < 4.78 is 62.0. The molecule has 212 valence electrons. The Balaban J connectivity index is 1.48. The molecule has 14 heteroatoms. The van der Waals surface area contributed by atoms with Crippen molar-refractivity contribution in [3.63, 3.8) is 0 Å². The first-order chi connectivity index (χ1) is 19.0. The molecule has 2 aromatic carbocycles. The maximum atomic E-state index is 14.6. The average Bonchev–Trinajstić information content (AvgIpc) is 3.25. The summed E-state index contributed by atoms with van der Waals surface area (Å²) in [5.74, 6) is -1.15. The highest BCUT2D eigenvalue weighted by Gasteiger charge is 2.29. The van der Waals surface area contributed by atoms with Gasteiger partial charge in [0.05, 0.1) is 17.7 Å². The normalized spacial score (nSPS) is 17.9. The van der Waals surface area contributed by atoms with Gasteiger partial charge in [-0.3, -0.25) is 14.2 Å². The van der Waals surface area contributed by atoms with Gasteiger partial charge in [-0.2, -0.15) is 10.1 Å². The standard InChI is InChI=1S/C26H27F4N7O3/c1-14-11-37(12-15(2)32-14)21-5-4-18(23-19(21)10-31-25(34-23)39-6-7-40-26(28,29)30)24(38)33-17-8-16-13-36(3)35-22(16)20(27)9-17/h4-5,8-10,13-15,32H,6-7,11-12H2,1-3H3,(H,33,38)/t14-,15+. The van der Waals surface area contributed by atoms with Crippen molar-refractivity contribution in [2.75, 3.05) is 36.5 Å². The lowest BCUT2D eigenvalue weighted by atomic mass is 10.0. The number of carbonyl (C=O) groups is 1. The van der Waals surface area contributed by atoms with E-state index in [-0.39, 0.29) is 40.4 Å². The predicted octanol–water partition coefficient (Wildman–Crippen LogP) is 4.01. The maximum Gasteiger partial charge on any atom is 0.522 e. The molecule has 0 aliphatic carbocycles. The summed E-state index contributed by atoms with van der Waals surface area (Å²) in [6.07, 6.45) is -1.68. The number of piperazine rings is 1. The van der Waals surface area contributed by atoms with E-state index in [2.05, 4.69) is 49.2 Å². The van der Waals surface area contributed by atoms with Crippen LogP contribution in [0.2, 0.25) is 0 Å². The second-order valence-electron chi connectivity index (χ2n) is 9.72. The molecule has 2 atom stereocenters. The van der Waals surface area contributed by atoms with E-state index in [1.54, 1.807) is 31.4 Å². The van der Waals surface area contributed by atoms with Crippen LogP contribution in [-0.2, 0) is 11.8 Å². The number of ether oxygens (including phenoxy) is 2. The zero-order valence-electron chi connectivity index (χ0n) is 21.9. The summed E-state index contributed by atoms with van der Waals surface area (Å²) in [6.45, 7) is 4.32. The number of fused-ring (bicyclic) bond motifs is 2. The van der Waals surface area contributed by atoms with Crippen molar-refractivity contribution in [2.24, 2.45) is 7.05 Å². The molecule has 2 aromatic heterocycles. The number of nitrogens with one attached hydrogen (secondary N) is 2. The van der Waals surface area contributed by atoms with Gasteiger partial charge in [0, 0.05) is 66.8 Å². The summed E-state index contributed by atoms with van der Waals surface area (Å²) in [5, 5.41) is 11.3. The third-order valence-electron chi connectivity index (χ3n) is 6.36. The predicted molar refractivity (Wildman–Crippen MR) is 140 cm³/mol. The highest BCUT2D eigenvalue weighted by atomic mass is 19.4. The molecule has 0 bridgehead atoms. The average molecular weight is 562 g/mol. The van der Waals surface area contributed by atoms with Crippen LogP contribution in [0.4, 0.5) is 28.9 Å². The molecule has 4 aromatic rings. The molecule has 1 aliphatic rings. The fraction of sp³-hybridized carbons (Fsp3) is 0.385. The SMILES string of the molecule is C[C@@H]1CN(c2ccc(C(=O)Nc3cc(F)c4nn(C)cc4c3)c3nc(OCCOC(F)(F)F)ncc23)C[C@H](C)N1. The molecule has 1 aliphatic heterocycles. The highest BCUT2D eigenvalue weighted by Crippen LogP contribution is 2.31. The number of aromatic nitrogens is 4. The first-order valence-electron chi connectivity index (χ1n) is 12.6. The molecule has 0 radical (unpaired) electrons. The van der Waals surface area contributed by atoms with Gasteiger partial charge in [0.1, 0.15) is 12.1 Å². The summed E-state index contributed by atoms with van der Waals surface area (Å²) in [6, 6.07) is 6.38. The molecule has 3 heterocycles. The zero-order valence-corrected chi connectivity index (χ0v) is 21.9. The van der Waals surface area contributed by atoms with E-state index in [4.69, 9.17) is 4.74 Å². The summed E-state index contributed by atoms with van der Waals surface area (Å²) in [7, 11) is 1.67. The van der Waals surface area contributed by atoms with E-state index in [1.165, 1.54) is 16.9 Å². The number of anilines is 2. The van der Waals surface area contributed by atoms with E-state index in [0.29, 0.717) is 23.9 Å². The van der Waals surface area contributed by atoms with Gasteiger partial charge in [0.15, 0.2) is 5.82 Å². The van der Waals surface area contributed by atoms with Gasteiger partial charge in [-0.05, 0) is 38.1 Å². The van der Waals surface area contributed by atoms with Crippen LogP contribution in [-0.4, -0.2) is 70.4 Å². The molecule has 1 fully saturated rings. The Hall–Kier alpha value is -4.04. The number of rotatable bonds is 7. The van der Waals surface area contributed by atoms with Gasteiger partial charge in [-0.15, -0.1) is 13.2 Å². The third-order valence-corrected chi connectivity index (χ3v) is 6.36. The lowest BCUT2D eigenvalue weighted by Gasteiger charge is -2.38. The number of hydrogen-bond donors (Lipinski definition) is 2. The largest absolute Gasteiger partial charge is 0.522 e. The molecule has 5 rings (SSSR count). The van der Waals surface area contributed by atoms with Crippen molar-refractivity contribution < 1.29 is 31.8 Å². The van der Waals surface area contributed by atoms with E-state index >= 15 is 0 Å². The maximum absolute atomic E-state index is 14.6. The van der Waals surface area contributed by atoms with Gasteiger partial charge in [0.25, 0.3) is 5.91 Å². The first-order valence-corrected chi connectivity index (χ1v) is 12.6. The molecule has 0 unspecified atom stereocenters. The van der Waals surface area contributed by atoms with Crippen LogP contribution in [0.3, 0.4) is 0 Å². The van der Waals surface area contributed by atoms with Gasteiger partial charge < -0.3 is 20.3 Å². The van der Waals surface area contributed by atoms with E-state index < -0.39 is 31.3 Å². The van der Waals surface area contributed by atoms with Crippen LogP contribution in [0.1, 0.15) is 24.2 Å². The molecular weight excluding hydrogens is 534 g/mol. The fourth-order valence-electron chi connectivity index (χ4n) is 4.91. The zero-order chi connectivity index (χ0) is 28.6. The van der Waals surface area contributed by atoms with Gasteiger partial charge in [0.2, 0.25) is 0 Å². The Labute approximate surface area is 226 Å². The van der Waals surface area contributed by atoms with Crippen molar-refractivity contribution >= 4 is 39.1 Å². The number of alkyl halides is 3. The number of carbonyl (C=O) groups excluding carboxylic acids is 1. The molecule has 2 N–H and O–H groups in total. The topological polar surface area (TPSA) is 106 Å².